The van der Waals surface area contributed by atoms with Crippen molar-refractivity contribution in [1.29, 1.82) is 0 Å². The van der Waals surface area contributed by atoms with E-state index in [9.17, 15) is 4.39 Å². The Morgan fingerprint density at radius 3 is 2.57 bits per heavy atom. The predicted octanol–water partition coefficient (Wildman–Crippen LogP) is 4.69. The summed E-state index contributed by atoms with van der Waals surface area (Å²) < 4.78 is 19.3. The van der Waals surface area contributed by atoms with Gasteiger partial charge in [-0.15, -0.1) is 0 Å². The standard InChI is InChI=1S/C16H12ClFN2O/c1-9-2-7-13(18)12(8-9)15-14(16(19)20-21-15)10-3-5-11(17)6-4-10/h2-8H,1H3,(H2,19,20). The van der Waals surface area contributed by atoms with E-state index in [0.29, 0.717) is 21.9 Å². The quantitative estimate of drug-likeness (QED) is 0.747. The fourth-order valence-corrected chi connectivity index (χ4v) is 2.32. The predicted molar refractivity (Wildman–Crippen MR) is 81.5 cm³/mol. The Morgan fingerprint density at radius 2 is 1.86 bits per heavy atom. The van der Waals surface area contributed by atoms with Crippen LogP contribution in [0.5, 0.6) is 0 Å². The lowest BCUT2D eigenvalue weighted by Crippen LogP contribution is -1.90. The maximum absolute atomic E-state index is 14.1. The number of halogens is 2. The third-order valence-corrected chi connectivity index (χ3v) is 3.47. The first-order valence-corrected chi connectivity index (χ1v) is 6.71. The van der Waals surface area contributed by atoms with Gasteiger partial charge in [0.2, 0.25) is 0 Å². The number of nitrogens with zero attached hydrogens (tertiary/aromatic N) is 1. The van der Waals surface area contributed by atoms with Crippen LogP contribution in [0.25, 0.3) is 22.5 Å². The molecular formula is C16H12ClFN2O. The van der Waals surface area contributed by atoms with Crippen LogP contribution < -0.4 is 5.73 Å². The summed E-state index contributed by atoms with van der Waals surface area (Å²) in [5.41, 5.74) is 8.47. The number of hydrogen-bond acceptors (Lipinski definition) is 3. The molecule has 2 aromatic carbocycles. The Labute approximate surface area is 126 Å². The second-order valence-electron chi connectivity index (χ2n) is 4.76. The number of anilines is 1. The molecule has 3 nitrogen and oxygen atoms in total. The largest absolute Gasteiger partial charge is 0.380 e. The zero-order chi connectivity index (χ0) is 15.0. The molecule has 21 heavy (non-hydrogen) atoms. The summed E-state index contributed by atoms with van der Waals surface area (Å²) in [5.74, 6) is 0.149. The molecule has 1 aromatic heterocycles. The van der Waals surface area contributed by atoms with Crippen LogP contribution >= 0.6 is 11.6 Å². The van der Waals surface area contributed by atoms with Gasteiger partial charge in [-0.25, -0.2) is 4.39 Å². The van der Waals surface area contributed by atoms with Crippen LogP contribution in [0.2, 0.25) is 5.02 Å². The van der Waals surface area contributed by atoms with Gasteiger partial charge in [-0.3, -0.25) is 0 Å². The summed E-state index contributed by atoms with van der Waals surface area (Å²) in [6.07, 6.45) is 0. The van der Waals surface area contributed by atoms with Gasteiger partial charge >= 0.3 is 0 Å². The van der Waals surface area contributed by atoms with Gasteiger partial charge in [0.25, 0.3) is 0 Å². The molecule has 3 rings (SSSR count). The second kappa shape index (κ2) is 5.22. The highest BCUT2D eigenvalue weighted by molar-refractivity contribution is 6.30. The molecule has 106 valence electrons. The van der Waals surface area contributed by atoms with Crippen molar-refractivity contribution >= 4 is 17.4 Å². The highest BCUT2D eigenvalue weighted by Crippen LogP contribution is 2.38. The van der Waals surface area contributed by atoms with E-state index < -0.39 is 0 Å². The number of nitrogens with two attached hydrogens (primary N) is 1. The SMILES string of the molecule is Cc1ccc(F)c(-c2onc(N)c2-c2ccc(Cl)cc2)c1. The van der Waals surface area contributed by atoms with Crippen molar-refractivity contribution in [1.82, 2.24) is 5.16 Å². The van der Waals surface area contributed by atoms with Gasteiger partial charge in [-0.2, -0.15) is 0 Å². The van der Waals surface area contributed by atoms with Crippen LogP contribution in [0.15, 0.2) is 47.0 Å². The number of hydrogen-bond donors (Lipinski definition) is 1. The molecule has 2 N–H and O–H groups in total. The van der Waals surface area contributed by atoms with E-state index in [4.69, 9.17) is 21.9 Å². The van der Waals surface area contributed by atoms with Crippen molar-refractivity contribution in [3.8, 4) is 22.5 Å². The van der Waals surface area contributed by atoms with E-state index in [1.807, 2.05) is 6.92 Å². The summed E-state index contributed by atoms with van der Waals surface area (Å²) in [6.45, 7) is 1.88. The van der Waals surface area contributed by atoms with Gasteiger partial charge < -0.3 is 10.3 Å². The Morgan fingerprint density at radius 1 is 1.14 bits per heavy atom. The van der Waals surface area contributed by atoms with Crippen LogP contribution in [0.3, 0.4) is 0 Å². The molecule has 0 fully saturated rings. The molecule has 0 saturated heterocycles. The van der Waals surface area contributed by atoms with Crippen molar-refractivity contribution in [2.45, 2.75) is 6.92 Å². The van der Waals surface area contributed by atoms with Crippen LogP contribution in [-0.2, 0) is 0 Å². The zero-order valence-corrected chi connectivity index (χ0v) is 12.0. The van der Waals surface area contributed by atoms with Gasteiger partial charge in [-0.1, -0.05) is 40.5 Å². The number of aryl methyl sites for hydroxylation is 1. The summed E-state index contributed by atoms with van der Waals surface area (Å²) in [6, 6.07) is 11.9. The molecule has 1 heterocycles. The fraction of sp³-hybridized carbons (Fsp3) is 0.0625. The van der Waals surface area contributed by atoms with Crippen molar-refractivity contribution in [3.05, 3.63) is 58.9 Å². The Hall–Kier alpha value is -2.33. The molecule has 0 aliphatic rings. The molecule has 0 unspecified atom stereocenters. The zero-order valence-electron chi connectivity index (χ0n) is 11.2. The monoisotopic (exact) mass is 302 g/mol. The molecule has 0 saturated carbocycles. The molecule has 0 atom stereocenters. The van der Waals surface area contributed by atoms with E-state index in [2.05, 4.69) is 5.16 Å². The Kier molecular flexibility index (Phi) is 3.39. The minimum atomic E-state index is -0.382. The molecule has 0 amide bonds. The van der Waals surface area contributed by atoms with Gasteiger partial charge in [0.1, 0.15) is 5.82 Å². The van der Waals surface area contributed by atoms with Crippen LogP contribution in [0, 0.1) is 12.7 Å². The van der Waals surface area contributed by atoms with E-state index in [1.165, 1.54) is 6.07 Å². The molecule has 0 bridgehead atoms. The minimum Gasteiger partial charge on any atom is -0.380 e. The van der Waals surface area contributed by atoms with E-state index >= 15 is 0 Å². The highest BCUT2D eigenvalue weighted by atomic mass is 35.5. The van der Waals surface area contributed by atoms with E-state index in [1.54, 1.807) is 36.4 Å². The normalized spacial score (nSPS) is 10.8. The number of benzene rings is 2. The first-order valence-electron chi connectivity index (χ1n) is 6.34. The van der Waals surface area contributed by atoms with Crippen LogP contribution in [-0.4, -0.2) is 5.16 Å². The number of aromatic nitrogens is 1. The van der Waals surface area contributed by atoms with Gasteiger partial charge in [-0.05, 0) is 36.8 Å². The minimum absolute atomic E-state index is 0.216. The summed E-state index contributed by atoms with van der Waals surface area (Å²) in [7, 11) is 0. The molecule has 0 spiro atoms. The summed E-state index contributed by atoms with van der Waals surface area (Å²) in [5, 5.41) is 4.37. The smallest absolute Gasteiger partial charge is 0.179 e. The lowest BCUT2D eigenvalue weighted by atomic mass is 10.00. The highest BCUT2D eigenvalue weighted by Gasteiger charge is 2.20. The van der Waals surface area contributed by atoms with Gasteiger partial charge in [0, 0.05) is 5.02 Å². The maximum Gasteiger partial charge on any atom is 0.179 e. The maximum atomic E-state index is 14.1. The fourth-order valence-electron chi connectivity index (χ4n) is 2.19. The van der Waals surface area contributed by atoms with Crippen LogP contribution in [0.4, 0.5) is 10.2 Å². The molecule has 0 aliphatic heterocycles. The van der Waals surface area contributed by atoms with E-state index in [0.717, 1.165) is 11.1 Å². The number of nitrogen functional groups attached to an aromatic ring is 1. The number of rotatable bonds is 2. The van der Waals surface area contributed by atoms with Gasteiger partial charge in [0.15, 0.2) is 11.6 Å². The Balaban J connectivity index is 2.21. The Bertz CT molecular complexity index is 797. The average Bonchev–Trinajstić information content (AvgIpc) is 2.84. The molecule has 0 radical (unpaired) electrons. The molecule has 3 aromatic rings. The average molecular weight is 303 g/mol. The van der Waals surface area contributed by atoms with Crippen LogP contribution in [0.1, 0.15) is 5.56 Å². The van der Waals surface area contributed by atoms with Crippen molar-refractivity contribution in [2.24, 2.45) is 0 Å². The summed E-state index contributed by atoms with van der Waals surface area (Å²) in [4.78, 5) is 0. The topological polar surface area (TPSA) is 52.0 Å². The lowest BCUT2D eigenvalue weighted by molar-refractivity contribution is 0.433. The van der Waals surface area contributed by atoms with Crippen molar-refractivity contribution in [3.63, 3.8) is 0 Å². The third kappa shape index (κ3) is 2.50. The van der Waals surface area contributed by atoms with Gasteiger partial charge in [0.05, 0.1) is 11.1 Å². The molecular weight excluding hydrogens is 291 g/mol. The summed E-state index contributed by atoms with van der Waals surface area (Å²) >= 11 is 5.89. The third-order valence-electron chi connectivity index (χ3n) is 3.22. The van der Waals surface area contributed by atoms with E-state index in [-0.39, 0.29) is 11.6 Å². The second-order valence-corrected chi connectivity index (χ2v) is 5.20. The molecule has 0 aliphatic carbocycles. The van der Waals surface area contributed by atoms with Crippen molar-refractivity contribution in [2.75, 3.05) is 5.73 Å². The first-order chi connectivity index (χ1) is 10.1. The van der Waals surface area contributed by atoms with Crippen molar-refractivity contribution < 1.29 is 8.91 Å². The first kappa shape index (κ1) is 13.6. The molecule has 5 heteroatoms. The lowest BCUT2D eigenvalue weighted by Gasteiger charge is -2.05.